The first kappa shape index (κ1) is 15.4. The summed E-state index contributed by atoms with van der Waals surface area (Å²) in [5.41, 5.74) is 10.7. The molecule has 0 saturated heterocycles. The molecule has 21 heavy (non-hydrogen) atoms. The first-order chi connectivity index (χ1) is 10.0. The Morgan fingerprint density at radius 3 is 2.19 bits per heavy atom. The molecule has 2 rings (SSSR count). The van der Waals surface area contributed by atoms with Gasteiger partial charge in [0.15, 0.2) is 0 Å². The van der Waals surface area contributed by atoms with Crippen molar-refractivity contribution in [3.63, 3.8) is 0 Å². The van der Waals surface area contributed by atoms with Gasteiger partial charge in [0.1, 0.15) is 18.1 Å². The maximum atomic E-state index is 6.26. The second-order valence-corrected chi connectivity index (χ2v) is 5.43. The molecule has 0 saturated carbocycles. The van der Waals surface area contributed by atoms with Crippen LogP contribution in [0.1, 0.15) is 28.3 Å². The van der Waals surface area contributed by atoms with Crippen LogP contribution in [0.3, 0.4) is 0 Å². The summed E-state index contributed by atoms with van der Waals surface area (Å²) in [5.74, 6) is 1.68. The molecule has 0 bridgehead atoms. The molecule has 0 amide bonds. The number of ether oxygens (including phenoxy) is 2. The van der Waals surface area contributed by atoms with E-state index in [0.29, 0.717) is 6.61 Å². The molecule has 2 N–H and O–H groups in total. The molecule has 3 heteroatoms. The average Bonchev–Trinajstić information content (AvgIpc) is 2.46. The Labute approximate surface area is 126 Å². The van der Waals surface area contributed by atoms with Gasteiger partial charge in [-0.1, -0.05) is 35.4 Å². The van der Waals surface area contributed by atoms with E-state index >= 15 is 0 Å². The Balaban J connectivity index is 2.11. The Morgan fingerprint density at radius 1 is 0.952 bits per heavy atom. The Bertz CT molecular complexity index is 623. The largest absolute Gasteiger partial charge is 0.496 e. The molecule has 0 fully saturated rings. The molecule has 0 aromatic heterocycles. The van der Waals surface area contributed by atoms with E-state index in [2.05, 4.69) is 19.1 Å². The topological polar surface area (TPSA) is 44.5 Å². The van der Waals surface area contributed by atoms with Gasteiger partial charge in [0.2, 0.25) is 0 Å². The average molecular weight is 285 g/mol. The van der Waals surface area contributed by atoms with Gasteiger partial charge in [-0.05, 0) is 38.5 Å². The van der Waals surface area contributed by atoms with E-state index in [-0.39, 0.29) is 6.04 Å². The van der Waals surface area contributed by atoms with Crippen LogP contribution >= 0.6 is 0 Å². The van der Waals surface area contributed by atoms with Gasteiger partial charge in [0, 0.05) is 5.56 Å². The van der Waals surface area contributed by atoms with Crippen LogP contribution in [0.4, 0.5) is 0 Å². The number of hydrogen-bond acceptors (Lipinski definition) is 3. The van der Waals surface area contributed by atoms with Crippen molar-refractivity contribution >= 4 is 0 Å². The second-order valence-electron chi connectivity index (χ2n) is 5.43. The summed E-state index contributed by atoms with van der Waals surface area (Å²) in [7, 11) is 1.66. The number of aryl methyl sites for hydroxylation is 3. The van der Waals surface area contributed by atoms with E-state index in [1.807, 2.05) is 38.1 Å². The highest BCUT2D eigenvalue weighted by Crippen LogP contribution is 2.26. The highest BCUT2D eigenvalue weighted by Gasteiger charge is 2.13. The molecule has 0 radical (unpaired) electrons. The van der Waals surface area contributed by atoms with Gasteiger partial charge >= 0.3 is 0 Å². The van der Waals surface area contributed by atoms with E-state index < -0.39 is 0 Å². The molecule has 2 aromatic carbocycles. The first-order valence-electron chi connectivity index (χ1n) is 7.11. The van der Waals surface area contributed by atoms with Gasteiger partial charge in [-0.3, -0.25) is 0 Å². The van der Waals surface area contributed by atoms with E-state index in [1.54, 1.807) is 7.11 Å². The minimum atomic E-state index is -0.222. The summed E-state index contributed by atoms with van der Waals surface area (Å²) in [6.07, 6.45) is 0. The lowest BCUT2D eigenvalue weighted by molar-refractivity contribution is 0.285. The zero-order chi connectivity index (χ0) is 15.4. The molecular weight excluding hydrogens is 262 g/mol. The van der Waals surface area contributed by atoms with Crippen molar-refractivity contribution in [1.82, 2.24) is 0 Å². The van der Waals surface area contributed by atoms with Crippen molar-refractivity contribution in [2.75, 3.05) is 13.7 Å². The summed E-state index contributed by atoms with van der Waals surface area (Å²) in [6, 6.07) is 11.9. The van der Waals surface area contributed by atoms with Crippen LogP contribution in [0, 0.1) is 20.8 Å². The molecule has 0 aliphatic rings. The Kier molecular flexibility index (Phi) is 4.86. The molecule has 1 atom stereocenters. The maximum absolute atomic E-state index is 6.26. The van der Waals surface area contributed by atoms with Gasteiger partial charge in [-0.15, -0.1) is 0 Å². The monoisotopic (exact) mass is 285 g/mol. The fraction of sp³-hybridized carbons (Fsp3) is 0.333. The van der Waals surface area contributed by atoms with Crippen LogP contribution < -0.4 is 15.2 Å². The van der Waals surface area contributed by atoms with Crippen LogP contribution in [0.15, 0.2) is 36.4 Å². The summed E-state index contributed by atoms with van der Waals surface area (Å²) in [6.45, 7) is 6.57. The first-order valence-corrected chi connectivity index (χ1v) is 7.11. The van der Waals surface area contributed by atoms with Crippen molar-refractivity contribution in [1.29, 1.82) is 0 Å². The van der Waals surface area contributed by atoms with Crippen molar-refractivity contribution in [3.05, 3.63) is 58.7 Å². The van der Waals surface area contributed by atoms with Crippen LogP contribution in [-0.4, -0.2) is 13.7 Å². The van der Waals surface area contributed by atoms with Gasteiger partial charge in [0.25, 0.3) is 0 Å². The molecular formula is C18H23NO2. The molecule has 0 aliphatic heterocycles. The van der Waals surface area contributed by atoms with Gasteiger partial charge in [-0.25, -0.2) is 0 Å². The third-order valence-corrected chi connectivity index (χ3v) is 3.53. The van der Waals surface area contributed by atoms with E-state index in [1.165, 1.54) is 5.56 Å². The van der Waals surface area contributed by atoms with Gasteiger partial charge in [0.05, 0.1) is 13.2 Å². The van der Waals surface area contributed by atoms with E-state index in [9.17, 15) is 0 Å². The van der Waals surface area contributed by atoms with Crippen molar-refractivity contribution in [2.24, 2.45) is 5.73 Å². The predicted octanol–water partition coefficient (Wildman–Crippen LogP) is 3.70. The second kappa shape index (κ2) is 6.64. The minimum absolute atomic E-state index is 0.222. The fourth-order valence-electron chi connectivity index (χ4n) is 2.37. The Morgan fingerprint density at radius 2 is 1.57 bits per heavy atom. The van der Waals surface area contributed by atoms with E-state index in [4.69, 9.17) is 15.2 Å². The molecule has 0 heterocycles. The quantitative estimate of drug-likeness (QED) is 0.911. The minimum Gasteiger partial charge on any atom is -0.496 e. The third kappa shape index (κ3) is 3.76. The van der Waals surface area contributed by atoms with Gasteiger partial charge in [-0.2, -0.15) is 0 Å². The molecule has 0 spiro atoms. The summed E-state index contributed by atoms with van der Waals surface area (Å²) < 4.78 is 11.2. The van der Waals surface area contributed by atoms with Crippen molar-refractivity contribution < 1.29 is 9.47 Å². The molecule has 3 nitrogen and oxygen atoms in total. The van der Waals surface area contributed by atoms with Crippen LogP contribution in [0.25, 0.3) is 0 Å². The molecule has 0 aliphatic carbocycles. The third-order valence-electron chi connectivity index (χ3n) is 3.53. The molecule has 2 aromatic rings. The standard InChI is InChI=1S/C18H23NO2/c1-12-5-7-17(14(3)9-12)21-11-16(19)15-10-13(2)6-8-18(15)20-4/h5-10,16H,11,19H2,1-4H3. The van der Waals surface area contributed by atoms with Crippen LogP contribution in [0.2, 0.25) is 0 Å². The molecule has 1 unspecified atom stereocenters. The lowest BCUT2D eigenvalue weighted by atomic mass is 10.0. The number of rotatable bonds is 5. The fourth-order valence-corrected chi connectivity index (χ4v) is 2.37. The SMILES string of the molecule is COc1ccc(C)cc1C(N)COc1ccc(C)cc1C. The molecule has 112 valence electrons. The predicted molar refractivity (Wildman–Crippen MR) is 86.1 cm³/mol. The van der Waals surface area contributed by atoms with Crippen molar-refractivity contribution in [3.8, 4) is 11.5 Å². The summed E-state index contributed by atoms with van der Waals surface area (Å²) in [4.78, 5) is 0. The lowest BCUT2D eigenvalue weighted by Crippen LogP contribution is -2.20. The van der Waals surface area contributed by atoms with Crippen LogP contribution in [0.5, 0.6) is 11.5 Å². The number of benzene rings is 2. The zero-order valence-corrected chi connectivity index (χ0v) is 13.1. The van der Waals surface area contributed by atoms with Crippen LogP contribution in [-0.2, 0) is 0 Å². The summed E-state index contributed by atoms with van der Waals surface area (Å²) in [5, 5.41) is 0. The zero-order valence-electron chi connectivity index (χ0n) is 13.1. The number of methoxy groups -OCH3 is 1. The number of nitrogens with two attached hydrogens (primary N) is 1. The summed E-state index contributed by atoms with van der Waals surface area (Å²) >= 11 is 0. The smallest absolute Gasteiger partial charge is 0.123 e. The van der Waals surface area contributed by atoms with Gasteiger partial charge < -0.3 is 15.2 Å². The highest BCUT2D eigenvalue weighted by atomic mass is 16.5. The normalized spacial score (nSPS) is 12.0. The maximum Gasteiger partial charge on any atom is 0.123 e. The lowest BCUT2D eigenvalue weighted by Gasteiger charge is -2.18. The van der Waals surface area contributed by atoms with E-state index in [0.717, 1.165) is 28.2 Å². The number of hydrogen-bond donors (Lipinski definition) is 1. The Hall–Kier alpha value is -2.00. The highest BCUT2D eigenvalue weighted by molar-refractivity contribution is 5.40. The van der Waals surface area contributed by atoms with Crippen molar-refractivity contribution in [2.45, 2.75) is 26.8 Å².